The van der Waals surface area contributed by atoms with Crippen LogP contribution in [0.2, 0.25) is 0 Å². The van der Waals surface area contributed by atoms with E-state index in [1.54, 1.807) is 17.0 Å². The van der Waals surface area contributed by atoms with E-state index in [1.807, 2.05) is 38.1 Å². The molecule has 2 aromatic rings. The molecule has 0 fully saturated rings. The Morgan fingerprint density at radius 3 is 2.61 bits per heavy atom. The number of para-hydroxylation sites is 1. The number of nitrogens with zero attached hydrogens (tertiary/aromatic N) is 1. The van der Waals surface area contributed by atoms with Crippen LogP contribution in [0, 0.1) is 5.41 Å². The number of carbonyl (C=O) groups is 1. The topological polar surface area (TPSA) is 66.5 Å². The third kappa shape index (κ3) is 4.28. The lowest BCUT2D eigenvalue weighted by atomic mass is 9.81. The Morgan fingerprint density at radius 2 is 1.89 bits per heavy atom. The number of fused-ring (bicyclic) bond motifs is 1. The van der Waals surface area contributed by atoms with Crippen LogP contribution >= 0.6 is 0 Å². The van der Waals surface area contributed by atoms with Crippen LogP contribution in [-0.4, -0.2) is 26.9 Å². The normalized spacial score (nSPS) is 17.1. The van der Waals surface area contributed by atoms with Crippen molar-refractivity contribution in [3.63, 3.8) is 0 Å². The zero-order valence-corrected chi connectivity index (χ0v) is 17.7. The molecule has 0 saturated heterocycles. The van der Waals surface area contributed by atoms with Crippen molar-refractivity contribution in [3.8, 4) is 0 Å². The molecule has 0 radical (unpaired) electrons. The Morgan fingerprint density at radius 1 is 1.18 bits per heavy atom. The molecule has 3 rings (SSSR count). The molecule has 2 aromatic carbocycles. The van der Waals surface area contributed by atoms with Crippen LogP contribution in [0.5, 0.6) is 0 Å². The van der Waals surface area contributed by atoms with E-state index in [1.165, 1.54) is 12.1 Å². The Hall–Kier alpha value is -2.18. The maximum atomic E-state index is 13.3. The van der Waals surface area contributed by atoms with Crippen molar-refractivity contribution in [3.05, 3.63) is 59.7 Å². The lowest BCUT2D eigenvalue weighted by molar-refractivity contribution is 0.0971. The molecule has 1 aliphatic rings. The Bertz CT molecular complexity index is 983. The highest BCUT2D eigenvalue weighted by Crippen LogP contribution is 2.36. The van der Waals surface area contributed by atoms with Crippen molar-refractivity contribution < 1.29 is 13.2 Å². The Labute approximate surface area is 167 Å². The maximum absolute atomic E-state index is 13.3. The van der Waals surface area contributed by atoms with Crippen molar-refractivity contribution in [2.75, 3.05) is 11.4 Å². The fourth-order valence-corrected chi connectivity index (χ4v) is 4.93. The SMILES string of the molecule is CCC(C)NS(=O)(=O)c1cccc(C(=O)N2CC(C)(C)Cc3ccccc32)c1. The molecule has 1 aliphatic heterocycles. The summed E-state index contributed by atoms with van der Waals surface area (Å²) in [6, 6.07) is 14.0. The van der Waals surface area contributed by atoms with Gasteiger partial charge in [0.15, 0.2) is 0 Å². The molecule has 1 amide bonds. The van der Waals surface area contributed by atoms with E-state index in [4.69, 9.17) is 0 Å². The van der Waals surface area contributed by atoms with Gasteiger partial charge < -0.3 is 4.90 Å². The van der Waals surface area contributed by atoms with Gasteiger partial charge in [0, 0.05) is 23.8 Å². The van der Waals surface area contributed by atoms with Crippen LogP contribution in [0.25, 0.3) is 0 Å². The summed E-state index contributed by atoms with van der Waals surface area (Å²) in [5.41, 5.74) is 2.36. The monoisotopic (exact) mass is 400 g/mol. The van der Waals surface area contributed by atoms with Gasteiger partial charge in [-0.05, 0) is 55.0 Å². The fourth-order valence-electron chi connectivity index (χ4n) is 3.56. The zero-order chi connectivity index (χ0) is 20.5. The third-order valence-corrected chi connectivity index (χ3v) is 6.73. The largest absolute Gasteiger partial charge is 0.308 e. The Kier molecular flexibility index (Phi) is 5.64. The summed E-state index contributed by atoms with van der Waals surface area (Å²) in [6.45, 7) is 8.60. The van der Waals surface area contributed by atoms with E-state index in [0.717, 1.165) is 17.7 Å². The standard InChI is InChI=1S/C22H28N2O3S/c1-5-16(2)23-28(26,27)19-11-8-10-17(13-19)21(25)24-15-22(3,4)14-18-9-6-7-12-20(18)24/h6-13,16,23H,5,14-15H2,1-4H3. The first-order valence-corrected chi connectivity index (χ1v) is 11.1. The molecule has 1 heterocycles. The van der Waals surface area contributed by atoms with Crippen molar-refractivity contribution in [2.45, 2.75) is 51.5 Å². The lowest BCUT2D eigenvalue weighted by Crippen LogP contribution is -2.44. The van der Waals surface area contributed by atoms with E-state index >= 15 is 0 Å². The summed E-state index contributed by atoms with van der Waals surface area (Å²) in [6.07, 6.45) is 1.59. The van der Waals surface area contributed by atoms with Gasteiger partial charge in [0.1, 0.15) is 0 Å². The first-order valence-electron chi connectivity index (χ1n) is 9.65. The van der Waals surface area contributed by atoms with Gasteiger partial charge >= 0.3 is 0 Å². The Balaban J connectivity index is 1.96. The van der Waals surface area contributed by atoms with Gasteiger partial charge in [-0.15, -0.1) is 0 Å². The second kappa shape index (κ2) is 7.68. The van der Waals surface area contributed by atoms with Crippen molar-refractivity contribution in [2.24, 2.45) is 5.41 Å². The molecule has 0 saturated carbocycles. The highest BCUT2D eigenvalue weighted by Gasteiger charge is 2.33. The third-order valence-electron chi connectivity index (χ3n) is 5.14. The summed E-state index contributed by atoms with van der Waals surface area (Å²) < 4.78 is 27.9. The van der Waals surface area contributed by atoms with Crippen molar-refractivity contribution >= 4 is 21.6 Å². The number of hydrogen-bond acceptors (Lipinski definition) is 3. The number of anilines is 1. The van der Waals surface area contributed by atoms with E-state index in [0.29, 0.717) is 18.5 Å². The van der Waals surface area contributed by atoms with Crippen LogP contribution in [0.4, 0.5) is 5.69 Å². The summed E-state index contributed by atoms with van der Waals surface area (Å²) in [5.74, 6) is -0.180. The molecule has 0 spiro atoms. The predicted molar refractivity (Wildman–Crippen MR) is 112 cm³/mol. The second-order valence-corrected chi connectivity index (χ2v) is 10.0. The number of hydrogen-bond donors (Lipinski definition) is 1. The predicted octanol–water partition coefficient (Wildman–Crippen LogP) is 3.99. The molecule has 6 heteroatoms. The molecule has 5 nitrogen and oxygen atoms in total. The van der Waals surface area contributed by atoms with Crippen LogP contribution < -0.4 is 9.62 Å². The zero-order valence-electron chi connectivity index (χ0n) is 16.9. The average Bonchev–Trinajstić information content (AvgIpc) is 2.65. The van der Waals surface area contributed by atoms with Crippen LogP contribution in [-0.2, 0) is 16.4 Å². The quantitative estimate of drug-likeness (QED) is 0.825. The molecule has 1 N–H and O–H groups in total. The van der Waals surface area contributed by atoms with E-state index < -0.39 is 10.0 Å². The summed E-state index contributed by atoms with van der Waals surface area (Å²) in [4.78, 5) is 15.2. The highest BCUT2D eigenvalue weighted by atomic mass is 32.2. The number of nitrogens with one attached hydrogen (secondary N) is 1. The van der Waals surface area contributed by atoms with Crippen LogP contribution in [0.1, 0.15) is 50.0 Å². The molecule has 1 atom stereocenters. The molecule has 0 aromatic heterocycles. The van der Waals surface area contributed by atoms with Gasteiger partial charge in [0.25, 0.3) is 5.91 Å². The summed E-state index contributed by atoms with van der Waals surface area (Å²) in [5, 5.41) is 0. The van der Waals surface area contributed by atoms with Gasteiger partial charge in [-0.25, -0.2) is 13.1 Å². The summed E-state index contributed by atoms with van der Waals surface area (Å²) in [7, 11) is -3.66. The first-order chi connectivity index (χ1) is 13.1. The average molecular weight is 401 g/mol. The number of sulfonamides is 1. The number of amides is 1. The molecule has 0 bridgehead atoms. The van der Waals surface area contributed by atoms with Gasteiger partial charge in [0.05, 0.1) is 4.90 Å². The molecule has 1 unspecified atom stereocenters. The van der Waals surface area contributed by atoms with Crippen molar-refractivity contribution in [1.29, 1.82) is 0 Å². The second-order valence-electron chi connectivity index (χ2n) is 8.32. The lowest BCUT2D eigenvalue weighted by Gasteiger charge is -2.39. The number of carbonyl (C=O) groups excluding carboxylic acids is 1. The highest BCUT2D eigenvalue weighted by molar-refractivity contribution is 7.89. The van der Waals surface area contributed by atoms with Crippen molar-refractivity contribution in [1.82, 2.24) is 4.72 Å². The molecule has 0 aliphatic carbocycles. The molecular weight excluding hydrogens is 372 g/mol. The van der Waals surface area contributed by atoms with Crippen LogP contribution in [0.15, 0.2) is 53.4 Å². The number of rotatable bonds is 5. The minimum Gasteiger partial charge on any atom is -0.308 e. The van der Waals surface area contributed by atoms with E-state index in [2.05, 4.69) is 18.6 Å². The minimum absolute atomic E-state index is 0.0498. The fraction of sp³-hybridized carbons (Fsp3) is 0.409. The maximum Gasteiger partial charge on any atom is 0.258 e. The van der Waals surface area contributed by atoms with Gasteiger partial charge in [-0.3, -0.25) is 4.79 Å². The van der Waals surface area contributed by atoms with Crippen LogP contribution in [0.3, 0.4) is 0 Å². The van der Waals surface area contributed by atoms with Gasteiger partial charge in [-0.2, -0.15) is 0 Å². The van der Waals surface area contributed by atoms with E-state index in [-0.39, 0.29) is 22.3 Å². The molecule has 28 heavy (non-hydrogen) atoms. The first kappa shape index (κ1) is 20.6. The van der Waals surface area contributed by atoms with E-state index in [9.17, 15) is 13.2 Å². The smallest absolute Gasteiger partial charge is 0.258 e. The van der Waals surface area contributed by atoms with Gasteiger partial charge in [-0.1, -0.05) is 45.0 Å². The molecular formula is C22H28N2O3S. The number of benzene rings is 2. The van der Waals surface area contributed by atoms with Gasteiger partial charge in [0.2, 0.25) is 10.0 Å². The summed E-state index contributed by atoms with van der Waals surface area (Å²) >= 11 is 0. The minimum atomic E-state index is -3.66. The molecule has 150 valence electrons.